The van der Waals surface area contributed by atoms with Gasteiger partial charge in [-0.15, -0.1) is 10.2 Å². The lowest BCUT2D eigenvalue weighted by molar-refractivity contribution is 0.101. The zero-order valence-electron chi connectivity index (χ0n) is 17.3. The van der Waals surface area contributed by atoms with Crippen molar-refractivity contribution in [2.45, 2.75) is 32.1 Å². The van der Waals surface area contributed by atoms with E-state index in [1.54, 1.807) is 6.20 Å². The average Bonchev–Trinajstić information content (AvgIpc) is 3.53. The number of benzene rings is 2. The van der Waals surface area contributed by atoms with Gasteiger partial charge in [-0.25, -0.2) is 4.98 Å². The van der Waals surface area contributed by atoms with Crippen LogP contribution in [0.4, 0.5) is 5.82 Å². The molecule has 6 nitrogen and oxygen atoms in total. The monoisotopic (exact) mass is 409 g/mol. The number of nitrogens with zero attached hydrogens (tertiary/aromatic N) is 3. The molecular formula is C25H23N5O. The van der Waals surface area contributed by atoms with Crippen molar-refractivity contribution >= 4 is 11.7 Å². The Morgan fingerprint density at radius 1 is 1.06 bits per heavy atom. The van der Waals surface area contributed by atoms with Crippen LogP contribution in [-0.2, 0) is 6.42 Å². The first-order chi connectivity index (χ1) is 15.2. The molecule has 31 heavy (non-hydrogen) atoms. The SMILES string of the molecule is Cc1ccc(C2CC2)cc1-c1ccnc(NC(=O)c2nnc(Cc3ccccc3)[nH]2)c1. The molecule has 0 aliphatic heterocycles. The van der Waals surface area contributed by atoms with Gasteiger partial charge in [-0.3, -0.25) is 4.79 Å². The summed E-state index contributed by atoms with van der Waals surface area (Å²) in [6.07, 6.45) is 4.84. The molecule has 0 saturated heterocycles. The molecular weight excluding hydrogens is 386 g/mol. The van der Waals surface area contributed by atoms with Crippen LogP contribution in [0.25, 0.3) is 11.1 Å². The van der Waals surface area contributed by atoms with Crippen LogP contribution in [0.2, 0.25) is 0 Å². The van der Waals surface area contributed by atoms with Crippen molar-refractivity contribution in [2.24, 2.45) is 0 Å². The van der Waals surface area contributed by atoms with Crippen LogP contribution in [0.15, 0.2) is 66.9 Å². The largest absolute Gasteiger partial charge is 0.321 e. The van der Waals surface area contributed by atoms with E-state index in [2.05, 4.69) is 50.6 Å². The van der Waals surface area contributed by atoms with E-state index < -0.39 is 0 Å². The maximum atomic E-state index is 12.7. The minimum absolute atomic E-state index is 0.171. The van der Waals surface area contributed by atoms with E-state index >= 15 is 0 Å². The van der Waals surface area contributed by atoms with Crippen molar-refractivity contribution < 1.29 is 4.79 Å². The number of pyridine rings is 1. The lowest BCUT2D eigenvalue weighted by atomic mass is 9.97. The molecule has 1 aliphatic rings. The fourth-order valence-corrected chi connectivity index (χ4v) is 3.73. The van der Waals surface area contributed by atoms with Gasteiger partial charge in [0.25, 0.3) is 5.91 Å². The highest BCUT2D eigenvalue weighted by Gasteiger charge is 2.24. The molecule has 1 aliphatic carbocycles. The number of amides is 1. The molecule has 1 fully saturated rings. The Morgan fingerprint density at radius 3 is 2.71 bits per heavy atom. The second-order valence-corrected chi connectivity index (χ2v) is 8.02. The molecule has 6 heteroatoms. The molecule has 0 bridgehead atoms. The lowest BCUT2D eigenvalue weighted by Gasteiger charge is -2.10. The summed E-state index contributed by atoms with van der Waals surface area (Å²) in [6.45, 7) is 2.10. The predicted molar refractivity (Wildman–Crippen MR) is 120 cm³/mol. The number of aryl methyl sites for hydroxylation is 1. The molecule has 2 heterocycles. The number of hydrogen-bond acceptors (Lipinski definition) is 4. The van der Waals surface area contributed by atoms with Crippen molar-refractivity contribution in [1.29, 1.82) is 0 Å². The predicted octanol–water partition coefficient (Wildman–Crippen LogP) is 4.90. The van der Waals surface area contributed by atoms with E-state index in [4.69, 9.17) is 0 Å². The number of carbonyl (C=O) groups is 1. The van der Waals surface area contributed by atoms with Gasteiger partial charge < -0.3 is 10.3 Å². The first-order valence-electron chi connectivity index (χ1n) is 10.5. The van der Waals surface area contributed by atoms with Gasteiger partial charge in [-0.05, 0) is 65.6 Å². The van der Waals surface area contributed by atoms with Gasteiger partial charge in [-0.1, -0.05) is 48.5 Å². The average molecular weight is 409 g/mol. The highest BCUT2D eigenvalue weighted by molar-refractivity contribution is 6.01. The van der Waals surface area contributed by atoms with Crippen molar-refractivity contribution in [2.75, 3.05) is 5.32 Å². The Labute approximate surface area is 180 Å². The van der Waals surface area contributed by atoms with E-state index in [1.807, 2.05) is 42.5 Å². The summed E-state index contributed by atoms with van der Waals surface area (Å²) in [5, 5.41) is 10.9. The van der Waals surface area contributed by atoms with Crippen molar-refractivity contribution in [3.8, 4) is 11.1 Å². The molecule has 2 N–H and O–H groups in total. The quantitative estimate of drug-likeness (QED) is 0.475. The highest BCUT2D eigenvalue weighted by atomic mass is 16.2. The maximum absolute atomic E-state index is 12.7. The summed E-state index contributed by atoms with van der Waals surface area (Å²) in [5.74, 6) is 1.63. The lowest BCUT2D eigenvalue weighted by Crippen LogP contribution is -2.14. The van der Waals surface area contributed by atoms with Crippen molar-refractivity contribution in [3.05, 3.63) is 95.2 Å². The molecule has 0 spiro atoms. The maximum Gasteiger partial charge on any atom is 0.294 e. The van der Waals surface area contributed by atoms with Gasteiger partial charge in [0.05, 0.1) is 0 Å². The summed E-state index contributed by atoms with van der Waals surface area (Å²) in [6, 6.07) is 20.5. The summed E-state index contributed by atoms with van der Waals surface area (Å²) < 4.78 is 0. The van der Waals surface area contributed by atoms with E-state index in [0.29, 0.717) is 24.0 Å². The van der Waals surface area contributed by atoms with E-state index in [-0.39, 0.29) is 11.7 Å². The number of aromatic amines is 1. The number of rotatable bonds is 6. The Balaban J connectivity index is 1.32. The number of hydrogen-bond donors (Lipinski definition) is 2. The summed E-state index contributed by atoms with van der Waals surface area (Å²) in [7, 11) is 0. The van der Waals surface area contributed by atoms with Crippen LogP contribution in [0.5, 0.6) is 0 Å². The Morgan fingerprint density at radius 2 is 1.90 bits per heavy atom. The van der Waals surface area contributed by atoms with Gasteiger partial charge in [0.15, 0.2) is 0 Å². The first kappa shape index (κ1) is 19.2. The molecule has 1 saturated carbocycles. The number of nitrogens with one attached hydrogen (secondary N) is 2. The van der Waals surface area contributed by atoms with Crippen molar-refractivity contribution in [1.82, 2.24) is 20.2 Å². The molecule has 154 valence electrons. The van der Waals surface area contributed by atoms with Gasteiger partial charge in [0, 0.05) is 12.6 Å². The van der Waals surface area contributed by atoms with E-state index in [1.165, 1.54) is 29.5 Å². The van der Waals surface area contributed by atoms with Gasteiger partial charge in [0.1, 0.15) is 11.6 Å². The van der Waals surface area contributed by atoms with Gasteiger partial charge in [0.2, 0.25) is 5.82 Å². The molecule has 5 rings (SSSR count). The zero-order valence-corrected chi connectivity index (χ0v) is 17.3. The topological polar surface area (TPSA) is 83.6 Å². The zero-order chi connectivity index (χ0) is 21.2. The van der Waals surface area contributed by atoms with E-state index in [0.717, 1.165) is 11.1 Å². The number of anilines is 1. The molecule has 0 radical (unpaired) electrons. The van der Waals surface area contributed by atoms with Crippen LogP contribution in [-0.4, -0.2) is 26.1 Å². The normalized spacial score (nSPS) is 13.2. The fourth-order valence-electron chi connectivity index (χ4n) is 3.73. The third kappa shape index (κ3) is 4.38. The first-order valence-corrected chi connectivity index (χ1v) is 10.5. The molecule has 2 aromatic carbocycles. The molecule has 0 unspecified atom stereocenters. The Hall–Kier alpha value is -3.80. The summed E-state index contributed by atoms with van der Waals surface area (Å²) in [4.78, 5) is 20.0. The smallest absolute Gasteiger partial charge is 0.294 e. The van der Waals surface area contributed by atoms with Crippen LogP contribution < -0.4 is 5.32 Å². The standard InChI is InChI=1S/C25H23N5O/c1-16-7-8-19(18-9-10-18)14-21(16)20-11-12-26-22(15-20)28-25(31)24-27-23(29-30-24)13-17-5-3-2-4-6-17/h2-8,11-12,14-15,18H,9-10,13H2,1H3,(H,26,28,31)(H,27,29,30). The second kappa shape index (κ2) is 8.14. The minimum atomic E-state index is -0.361. The third-order valence-corrected chi connectivity index (χ3v) is 5.59. The fraction of sp³-hybridized carbons (Fsp3) is 0.200. The summed E-state index contributed by atoms with van der Waals surface area (Å²) >= 11 is 0. The van der Waals surface area contributed by atoms with Crippen LogP contribution in [0, 0.1) is 6.92 Å². The minimum Gasteiger partial charge on any atom is -0.321 e. The molecule has 4 aromatic rings. The third-order valence-electron chi connectivity index (χ3n) is 5.59. The number of H-pyrrole nitrogens is 1. The van der Waals surface area contributed by atoms with Crippen LogP contribution in [0.1, 0.15) is 51.9 Å². The van der Waals surface area contributed by atoms with Gasteiger partial charge >= 0.3 is 0 Å². The van der Waals surface area contributed by atoms with E-state index in [9.17, 15) is 4.79 Å². The van der Waals surface area contributed by atoms with Crippen LogP contribution >= 0.6 is 0 Å². The molecule has 0 atom stereocenters. The van der Waals surface area contributed by atoms with Crippen molar-refractivity contribution in [3.63, 3.8) is 0 Å². The highest BCUT2D eigenvalue weighted by Crippen LogP contribution is 2.41. The van der Waals surface area contributed by atoms with Crippen LogP contribution in [0.3, 0.4) is 0 Å². The summed E-state index contributed by atoms with van der Waals surface area (Å²) in [5.41, 5.74) is 5.90. The number of aromatic nitrogens is 4. The molecule has 1 amide bonds. The Kier molecular flexibility index (Phi) is 5.04. The molecule has 2 aromatic heterocycles. The number of carbonyl (C=O) groups excluding carboxylic acids is 1. The van der Waals surface area contributed by atoms with Gasteiger partial charge in [-0.2, -0.15) is 0 Å². The second-order valence-electron chi connectivity index (χ2n) is 8.02. The Bertz CT molecular complexity index is 1230.